The topological polar surface area (TPSA) is 74.3 Å². The quantitative estimate of drug-likeness (QED) is 0.555. The number of carbonyl (C=O) groups is 2. The van der Waals surface area contributed by atoms with Gasteiger partial charge in [-0.05, 0) is 36.5 Å². The van der Waals surface area contributed by atoms with Gasteiger partial charge >= 0.3 is 0 Å². The second-order valence-corrected chi connectivity index (χ2v) is 9.26. The maximum Gasteiger partial charge on any atom is 0.270 e. The molecule has 0 bridgehead atoms. The molecule has 33 heavy (non-hydrogen) atoms. The van der Waals surface area contributed by atoms with Gasteiger partial charge in [0.15, 0.2) is 0 Å². The first-order chi connectivity index (χ1) is 16.0. The van der Waals surface area contributed by atoms with Crippen molar-refractivity contribution in [3.05, 3.63) is 78.0 Å². The van der Waals surface area contributed by atoms with Crippen LogP contribution in [0.5, 0.6) is 0 Å². The smallest absolute Gasteiger partial charge is 0.270 e. The molecule has 2 heterocycles. The minimum Gasteiger partial charge on any atom is -0.350 e. The zero-order valence-corrected chi connectivity index (χ0v) is 19.3. The molecule has 1 aromatic heterocycles. The van der Waals surface area contributed by atoms with E-state index in [2.05, 4.69) is 46.5 Å². The van der Waals surface area contributed by atoms with Crippen LogP contribution in [0.15, 0.2) is 66.7 Å². The van der Waals surface area contributed by atoms with Gasteiger partial charge in [0.25, 0.3) is 5.91 Å². The summed E-state index contributed by atoms with van der Waals surface area (Å²) in [5.41, 5.74) is 2.36. The van der Waals surface area contributed by atoms with Crippen molar-refractivity contribution in [2.75, 3.05) is 13.1 Å². The van der Waals surface area contributed by atoms with E-state index in [1.165, 1.54) is 5.56 Å². The molecule has 1 saturated heterocycles. The second-order valence-electron chi connectivity index (χ2n) is 9.26. The summed E-state index contributed by atoms with van der Waals surface area (Å²) in [6, 6.07) is 21.1. The Morgan fingerprint density at radius 3 is 2.58 bits per heavy atom. The van der Waals surface area contributed by atoms with Gasteiger partial charge in [0.2, 0.25) is 5.91 Å². The van der Waals surface area contributed by atoms with Gasteiger partial charge in [-0.1, -0.05) is 68.4 Å². The van der Waals surface area contributed by atoms with Crippen LogP contribution in [0.25, 0.3) is 10.9 Å². The van der Waals surface area contributed by atoms with Crippen LogP contribution in [0.2, 0.25) is 0 Å². The average Bonchev–Trinajstić information content (AvgIpc) is 3.25. The molecule has 2 amide bonds. The number of aromatic nitrogens is 1. The molecule has 1 aliphatic heterocycles. The second kappa shape index (κ2) is 10.6. The molecule has 2 aromatic carbocycles. The molecule has 0 radical (unpaired) electrons. The van der Waals surface area contributed by atoms with Crippen molar-refractivity contribution in [3.8, 4) is 0 Å². The summed E-state index contributed by atoms with van der Waals surface area (Å²) in [7, 11) is 0. The summed E-state index contributed by atoms with van der Waals surface area (Å²) < 4.78 is 0. The van der Waals surface area contributed by atoms with E-state index in [4.69, 9.17) is 0 Å². The fourth-order valence-electron chi connectivity index (χ4n) is 4.37. The lowest BCUT2D eigenvalue weighted by Gasteiger charge is -2.23. The SMILES string of the molecule is CC(C)C[C@H](NC(=O)c1ccc2ccccc2n1)C(=O)NC1CCN(Cc2ccccc2)C1. The Labute approximate surface area is 195 Å². The molecule has 4 rings (SSSR count). The van der Waals surface area contributed by atoms with E-state index >= 15 is 0 Å². The van der Waals surface area contributed by atoms with E-state index in [0.717, 1.165) is 37.0 Å². The van der Waals surface area contributed by atoms with Crippen molar-refractivity contribution in [2.45, 2.75) is 45.3 Å². The maximum absolute atomic E-state index is 13.1. The third-order valence-electron chi connectivity index (χ3n) is 6.03. The monoisotopic (exact) mass is 444 g/mol. The fourth-order valence-corrected chi connectivity index (χ4v) is 4.37. The number of hydrogen-bond acceptors (Lipinski definition) is 4. The van der Waals surface area contributed by atoms with Crippen molar-refractivity contribution < 1.29 is 9.59 Å². The molecule has 0 aliphatic carbocycles. The largest absolute Gasteiger partial charge is 0.350 e. The number of amides is 2. The van der Waals surface area contributed by atoms with Gasteiger partial charge in [-0.2, -0.15) is 0 Å². The van der Waals surface area contributed by atoms with Crippen molar-refractivity contribution in [1.29, 1.82) is 0 Å². The summed E-state index contributed by atoms with van der Waals surface area (Å²) in [6.07, 6.45) is 1.48. The Morgan fingerprint density at radius 1 is 1.03 bits per heavy atom. The molecule has 6 heteroatoms. The van der Waals surface area contributed by atoms with E-state index in [9.17, 15) is 9.59 Å². The number of nitrogens with zero attached hydrogens (tertiary/aromatic N) is 2. The predicted octanol–water partition coefficient (Wildman–Crippen LogP) is 3.77. The molecule has 0 spiro atoms. The Bertz CT molecular complexity index is 1100. The van der Waals surface area contributed by atoms with Crippen molar-refractivity contribution in [3.63, 3.8) is 0 Å². The van der Waals surface area contributed by atoms with Gasteiger partial charge in [0.1, 0.15) is 11.7 Å². The highest BCUT2D eigenvalue weighted by Crippen LogP contribution is 2.15. The van der Waals surface area contributed by atoms with Gasteiger partial charge < -0.3 is 10.6 Å². The number of pyridine rings is 1. The highest BCUT2D eigenvalue weighted by Gasteiger charge is 2.28. The Balaban J connectivity index is 1.37. The van der Waals surface area contributed by atoms with Crippen molar-refractivity contribution in [1.82, 2.24) is 20.5 Å². The van der Waals surface area contributed by atoms with Gasteiger partial charge in [-0.3, -0.25) is 14.5 Å². The molecule has 0 saturated carbocycles. The molecule has 2 N–H and O–H groups in total. The van der Waals surface area contributed by atoms with Crippen LogP contribution in [-0.4, -0.2) is 46.9 Å². The van der Waals surface area contributed by atoms with Gasteiger partial charge in [-0.25, -0.2) is 4.98 Å². The molecule has 6 nitrogen and oxygen atoms in total. The van der Waals surface area contributed by atoms with Crippen molar-refractivity contribution >= 4 is 22.7 Å². The molecular weight excluding hydrogens is 412 g/mol. The molecule has 3 aromatic rings. The highest BCUT2D eigenvalue weighted by atomic mass is 16.2. The number of benzene rings is 2. The van der Waals surface area contributed by atoms with Gasteiger partial charge in [0, 0.05) is 31.1 Å². The van der Waals surface area contributed by atoms with Crippen LogP contribution in [0.3, 0.4) is 0 Å². The molecule has 1 fully saturated rings. The standard InChI is InChI=1S/C27H32N4O2/c1-19(2)16-25(30-26(32)24-13-12-21-10-6-7-11-23(21)29-24)27(33)28-22-14-15-31(18-22)17-20-8-4-3-5-9-20/h3-13,19,22,25H,14-18H2,1-2H3,(H,28,33)(H,30,32)/t22?,25-/m0/s1. The van der Waals surface area contributed by atoms with Crippen LogP contribution in [0.4, 0.5) is 0 Å². The van der Waals surface area contributed by atoms with Crippen LogP contribution < -0.4 is 10.6 Å². The number of likely N-dealkylation sites (tertiary alicyclic amines) is 1. The lowest BCUT2D eigenvalue weighted by molar-refractivity contribution is -0.124. The lowest BCUT2D eigenvalue weighted by atomic mass is 10.0. The number of rotatable bonds is 8. The molecule has 2 atom stereocenters. The van der Waals surface area contributed by atoms with Crippen LogP contribution in [-0.2, 0) is 11.3 Å². The first kappa shape index (κ1) is 22.9. The van der Waals surface area contributed by atoms with E-state index in [1.54, 1.807) is 6.07 Å². The minimum absolute atomic E-state index is 0.0894. The molecular formula is C27H32N4O2. The highest BCUT2D eigenvalue weighted by molar-refractivity contribution is 5.97. The third kappa shape index (κ3) is 6.17. The number of fused-ring (bicyclic) bond motifs is 1. The average molecular weight is 445 g/mol. The lowest BCUT2D eigenvalue weighted by Crippen LogP contribution is -2.50. The van der Waals surface area contributed by atoms with Crippen molar-refractivity contribution in [2.24, 2.45) is 5.92 Å². The Hall–Kier alpha value is -3.25. The fraction of sp³-hybridized carbons (Fsp3) is 0.370. The van der Waals surface area contributed by atoms with Crippen LogP contribution >= 0.6 is 0 Å². The summed E-state index contributed by atoms with van der Waals surface area (Å²) in [4.78, 5) is 32.9. The summed E-state index contributed by atoms with van der Waals surface area (Å²) in [5, 5.41) is 7.08. The maximum atomic E-state index is 13.1. The van der Waals surface area contributed by atoms with E-state index in [0.29, 0.717) is 12.1 Å². The van der Waals surface area contributed by atoms with E-state index in [1.807, 2.05) is 48.5 Å². The zero-order valence-electron chi connectivity index (χ0n) is 19.3. The third-order valence-corrected chi connectivity index (χ3v) is 6.03. The van der Waals surface area contributed by atoms with Gasteiger partial charge in [-0.15, -0.1) is 0 Å². The number of hydrogen-bond donors (Lipinski definition) is 2. The van der Waals surface area contributed by atoms with E-state index < -0.39 is 6.04 Å². The molecule has 1 unspecified atom stereocenters. The normalized spacial score (nSPS) is 17.2. The summed E-state index contributed by atoms with van der Waals surface area (Å²) in [5.74, 6) is -0.174. The number of nitrogens with one attached hydrogen (secondary N) is 2. The number of carbonyl (C=O) groups excluding carboxylic acids is 2. The van der Waals surface area contributed by atoms with E-state index in [-0.39, 0.29) is 23.8 Å². The minimum atomic E-state index is -0.589. The molecule has 172 valence electrons. The Morgan fingerprint density at radius 2 is 1.79 bits per heavy atom. The predicted molar refractivity (Wildman–Crippen MR) is 131 cm³/mol. The van der Waals surface area contributed by atoms with Crippen LogP contribution in [0, 0.1) is 5.92 Å². The molecule has 1 aliphatic rings. The van der Waals surface area contributed by atoms with Crippen LogP contribution in [0.1, 0.15) is 42.7 Å². The van der Waals surface area contributed by atoms with Gasteiger partial charge in [0.05, 0.1) is 5.52 Å². The first-order valence-electron chi connectivity index (χ1n) is 11.7. The number of para-hydroxylation sites is 1. The first-order valence-corrected chi connectivity index (χ1v) is 11.7. The Kier molecular flexibility index (Phi) is 7.35. The summed E-state index contributed by atoms with van der Waals surface area (Å²) in [6.45, 7) is 6.75. The zero-order chi connectivity index (χ0) is 23.2. The summed E-state index contributed by atoms with van der Waals surface area (Å²) >= 11 is 0.